The maximum atomic E-state index is 15.7. The Morgan fingerprint density at radius 2 is 1.90 bits per heavy atom. The zero-order chi connectivity index (χ0) is 28.7. The maximum absolute atomic E-state index is 15.7. The van der Waals surface area contributed by atoms with E-state index in [-0.39, 0.29) is 44.4 Å². The van der Waals surface area contributed by atoms with Crippen molar-refractivity contribution in [2.24, 2.45) is 18.4 Å². The van der Waals surface area contributed by atoms with Crippen molar-refractivity contribution in [2.45, 2.75) is 38.6 Å². The van der Waals surface area contributed by atoms with Gasteiger partial charge in [-0.15, -0.1) is 0 Å². The average molecular weight is 573 g/mol. The summed E-state index contributed by atoms with van der Waals surface area (Å²) in [5.74, 6) is -2.14. The number of nitrogens with zero attached hydrogens (tertiary/aromatic N) is 3. The van der Waals surface area contributed by atoms with Gasteiger partial charge < -0.3 is 14.8 Å². The summed E-state index contributed by atoms with van der Waals surface area (Å²) in [6.45, 7) is 5.95. The zero-order valence-electron chi connectivity index (χ0n) is 21.9. The van der Waals surface area contributed by atoms with Crippen LogP contribution in [0.25, 0.3) is 0 Å². The summed E-state index contributed by atoms with van der Waals surface area (Å²) in [5, 5.41) is 13.5. The number of hydrogen-bond donors (Lipinski definition) is 1. The average Bonchev–Trinajstić information content (AvgIpc) is 3.16. The molecule has 0 radical (unpaired) electrons. The number of amides is 2. The van der Waals surface area contributed by atoms with Crippen LogP contribution in [0.2, 0.25) is 10.0 Å². The highest BCUT2D eigenvalue weighted by Crippen LogP contribution is 2.56. The number of nitriles is 1. The Balaban J connectivity index is 1.97. The summed E-state index contributed by atoms with van der Waals surface area (Å²) in [6, 6.07) is 11.5. The highest BCUT2D eigenvalue weighted by atomic mass is 35.5. The molecule has 3 aromatic rings. The topological polar surface area (TPSA) is 78.1 Å². The number of benzene rings is 2. The van der Waals surface area contributed by atoms with Gasteiger partial charge in [0, 0.05) is 53.6 Å². The summed E-state index contributed by atoms with van der Waals surface area (Å²) >= 11 is 12.2. The third-order valence-corrected chi connectivity index (χ3v) is 7.64. The number of rotatable bonds is 4. The molecule has 3 atom stereocenters. The van der Waals surface area contributed by atoms with E-state index < -0.39 is 35.0 Å². The Bertz CT molecular complexity index is 1530. The van der Waals surface area contributed by atoms with E-state index in [9.17, 15) is 14.9 Å². The number of aryl methyl sites for hydroxylation is 1. The van der Waals surface area contributed by atoms with Crippen molar-refractivity contribution in [3.05, 3.63) is 97.9 Å². The Morgan fingerprint density at radius 1 is 1.18 bits per heavy atom. The molecule has 0 spiro atoms. The number of carbonyl (C=O) groups excluding carboxylic acids is 1. The minimum absolute atomic E-state index is 0.0110. The Labute approximate surface area is 235 Å². The van der Waals surface area contributed by atoms with Crippen LogP contribution < -0.4 is 10.9 Å². The molecule has 204 valence electrons. The van der Waals surface area contributed by atoms with E-state index in [0.717, 1.165) is 6.07 Å². The van der Waals surface area contributed by atoms with Crippen LogP contribution in [-0.4, -0.2) is 22.0 Å². The van der Waals surface area contributed by atoms with E-state index in [0.29, 0.717) is 6.42 Å². The van der Waals surface area contributed by atoms with E-state index in [1.807, 2.05) is 20.8 Å². The molecule has 0 unspecified atom stereocenters. The third kappa shape index (κ3) is 5.39. The summed E-state index contributed by atoms with van der Waals surface area (Å²) in [5.41, 5.74) is -2.14. The highest BCUT2D eigenvalue weighted by molar-refractivity contribution is 6.31. The van der Waals surface area contributed by atoms with E-state index in [4.69, 9.17) is 23.2 Å². The molecule has 2 heterocycles. The van der Waals surface area contributed by atoms with Crippen molar-refractivity contribution < 1.29 is 13.6 Å². The molecule has 4 rings (SSSR count). The fourth-order valence-electron chi connectivity index (χ4n) is 5.49. The molecule has 0 aliphatic carbocycles. The van der Waals surface area contributed by atoms with Crippen LogP contribution in [0.4, 0.5) is 19.3 Å². The minimum Gasteiger partial charge on any atom is -0.318 e. The van der Waals surface area contributed by atoms with E-state index in [1.165, 1.54) is 52.1 Å². The van der Waals surface area contributed by atoms with Crippen molar-refractivity contribution in [3.63, 3.8) is 0 Å². The molecule has 2 aromatic carbocycles. The van der Waals surface area contributed by atoms with E-state index in [1.54, 1.807) is 13.1 Å². The van der Waals surface area contributed by atoms with Gasteiger partial charge in [0.15, 0.2) is 0 Å². The predicted octanol–water partition coefficient (Wildman–Crippen LogP) is 7.07. The maximum Gasteiger partial charge on any atom is 0.322 e. The number of pyridine rings is 1. The first-order valence-corrected chi connectivity index (χ1v) is 13.1. The second-order valence-electron chi connectivity index (χ2n) is 11.1. The molecule has 2 amide bonds. The van der Waals surface area contributed by atoms with Crippen molar-refractivity contribution in [1.29, 1.82) is 5.26 Å². The lowest BCUT2D eigenvalue weighted by atomic mass is 9.63. The first-order chi connectivity index (χ1) is 18.3. The summed E-state index contributed by atoms with van der Waals surface area (Å²) in [4.78, 5) is 27.3. The SMILES string of the molecule is Cn1ccc(NC(=O)N2C[C@@H](CC(C)(C)C)[C@](C#N)(c3ccc(Cl)cc3F)[C@H]2c2cccc(Cl)c2F)cc1=O. The molecule has 39 heavy (non-hydrogen) atoms. The molecule has 6 nitrogen and oxygen atoms in total. The minimum atomic E-state index is -1.70. The Kier molecular flexibility index (Phi) is 7.79. The fourth-order valence-corrected chi connectivity index (χ4v) is 5.83. The number of halogens is 4. The van der Waals surface area contributed by atoms with Crippen LogP contribution in [0.3, 0.4) is 0 Å². The lowest BCUT2D eigenvalue weighted by Crippen LogP contribution is -2.42. The van der Waals surface area contributed by atoms with Crippen LogP contribution in [0.15, 0.2) is 59.5 Å². The second kappa shape index (κ2) is 10.6. The van der Waals surface area contributed by atoms with Crippen molar-refractivity contribution in [2.75, 3.05) is 11.9 Å². The molecule has 1 fully saturated rings. The lowest BCUT2D eigenvalue weighted by Gasteiger charge is -2.38. The lowest BCUT2D eigenvalue weighted by molar-refractivity contribution is 0.198. The van der Waals surface area contributed by atoms with Crippen LogP contribution >= 0.6 is 23.2 Å². The Hall–Kier alpha value is -3.41. The van der Waals surface area contributed by atoms with Crippen molar-refractivity contribution in [3.8, 4) is 6.07 Å². The van der Waals surface area contributed by atoms with Gasteiger partial charge in [-0.2, -0.15) is 5.26 Å². The number of anilines is 1. The number of urea groups is 1. The van der Waals surface area contributed by atoms with E-state index >= 15 is 8.78 Å². The zero-order valence-corrected chi connectivity index (χ0v) is 23.4. The van der Waals surface area contributed by atoms with Gasteiger partial charge >= 0.3 is 6.03 Å². The van der Waals surface area contributed by atoms with Gasteiger partial charge in [-0.1, -0.05) is 62.2 Å². The van der Waals surface area contributed by atoms with Gasteiger partial charge in [-0.25, -0.2) is 13.6 Å². The number of likely N-dealkylation sites (tertiary alicyclic amines) is 1. The standard InChI is InChI=1S/C29H28Cl2F2N4O2/c1-28(2,3)14-17-15-37(27(39)35-19-10-11-36(4)24(38)13-19)26(20-6-5-7-22(31)25(20)33)29(17,16-34)21-9-8-18(30)12-23(21)32/h5-13,17,26H,14-15H2,1-4H3,(H,35,39)/t17-,26-,29-/m1/s1. The van der Waals surface area contributed by atoms with Gasteiger partial charge in [-0.05, 0) is 36.1 Å². The molecule has 1 saturated heterocycles. The molecular weight excluding hydrogens is 545 g/mol. The number of carbonyl (C=O) groups is 1. The molecular formula is C29H28Cl2F2N4O2. The molecule has 1 aliphatic heterocycles. The molecule has 0 saturated carbocycles. The van der Waals surface area contributed by atoms with Crippen LogP contribution in [-0.2, 0) is 12.5 Å². The van der Waals surface area contributed by atoms with Crippen molar-refractivity contribution in [1.82, 2.24) is 9.47 Å². The number of hydrogen-bond acceptors (Lipinski definition) is 3. The fraction of sp³-hybridized carbons (Fsp3) is 0.345. The summed E-state index contributed by atoms with van der Waals surface area (Å²) < 4.78 is 32.7. The largest absolute Gasteiger partial charge is 0.322 e. The van der Waals surface area contributed by atoms with Gasteiger partial charge in [-0.3, -0.25) is 4.79 Å². The second-order valence-corrected chi connectivity index (χ2v) is 11.9. The number of aromatic nitrogens is 1. The van der Waals surface area contributed by atoms with Gasteiger partial charge in [0.2, 0.25) is 0 Å². The first-order valence-electron chi connectivity index (χ1n) is 12.3. The number of nitrogens with one attached hydrogen (secondary N) is 1. The molecule has 1 aromatic heterocycles. The van der Waals surface area contributed by atoms with E-state index in [2.05, 4.69) is 11.4 Å². The van der Waals surface area contributed by atoms with Crippen molar-refractivity contribution >= 4 is 34.9 Å². The van der Waals surface area contributed by atoms with Gasteiger partial charge in [0.05, 0.1) is 17.1 Å². The van der Waals surface area contributed by atoms with Gasteiger partial charge in [0.25, 0.3) is 5.56 Å². The molecule has 0 bridgehead atoms. The Morgan fingerprint density at radius 3 is 2.51 bits per heavy atom. The summed E-state index contributed by atoms with van der Waals surface area (Å²) in [7, 11) is 1.57. The third-order valence-electron chi connectivity index (χ3n) is 7.12. The molecule has 1 N–H and O–H groups in total. The first kappa shape index (κ1) is 28.6. The highest BCUT2D eigenvalue weighted by Gasteiger charge is 2.60. The molecule has 10 heteroatoms. The van der Waals surface area contributed by atoms with Crippen LogP contribution in [0.5, 0.6) is 0 Å². The normalized spacial score (nSPS) is 21.1. The van der Waals surface area contributed by atoms with Crippen LogP contribution in [0.1, 0.15) is 44.4 Å². The molecule has 1 aliphatic rings. The smallest absolute Gasteiger partial charge is 0.318 e. The predicted molar refractivity (Wildman–Crippen MR) is 148 cm³/mol. The van der Waals surface area contributed by atoms with Crippen LogP contribution in [0, 0.1) is 34.3 Å². The monoisotopic (exact) mass is 572 g/mol. The quantitative estimate of drug-likeness (QED) is 0.363. The summed E-state index contributed by atoms with van der Waals surface area (Å²) in [6.07, 6.45) is 1.91. The van der Waals surface area contributed by atoms with Gasteiger partial charge in [0.1, 0.15) is 17.0 Å².